The number of carboxylic acid groups (broad SMARTS) is 1. The predicted octanol–water partition coefficient (Wildman–Crippen LogP) is 0.605. The molecule has 0 saturated carbocycles. The van der Waals surface area contributed by atoms with E-state index in [9.17, 15) is 13.2 Å². The van der Waals surface area contributed by atoms with Crippen LogP contribution in [0.4, 0.5) is 5.69 Å². The van der Waals surface area contributed by atoms with Gasteiger partial charge in [-0.05, 0) is 31.0 Å². The molecule has 0 spiro atoms. The number of nitrogens with two attached hydrogens (primary N) is 1. The number of hydrogen-bond acceptors (Lipinski definition) is 5. The number of nitrogens with one attached hydrogen (secondary N) is 1. The predicted molar refractivity (Wildman–Crippen MR) is 74.2 cm³/mol. The molecular weight excluding hydrogens is 284 g/mol. The van der Waals surface area contributed by atoms with E-state index < -0.39 is 16.0 Å². The molecule has 0 saturated heterocycles. The molecule has 0 aromatic heterocycles. The lowest BCUT2D eigenvalue weighted by Crippen LogP contribution is -2.22. The number of carboxylic acids is 1. The number of sulfonamides is 1. The average molecular weight is 302 g/mol. The van der Waals surface area contributed by atoms with E-state index in [0.717, 1.165) is 6.07 Å². The summed E-state index contributed by atoms with van der Waals surface area (Å²) in [5.74, 6) is -1.25. The molecule has 8 heteroatoms. The first-order valence-electron chi connectivity index (χ1n) is 6.07. The minimum absolute atomic E-state index is 0.0246. The molecule has 0 radical (unpaired) electrons. The molecule has 0 fully saturated rings. The Morgan fingerprint density at radius 1 is 1.45 bits per heavy atom. The van der Waals surface area contributed by atoms with Gasteiger partial charge in [0.05, 0.1) is 10.5 Å². The molecule has 0 heterocycles. The van der Waals surface area contributed by atoms with E-state index in [1.807, 2.05) is 6.92 Å². The van der Waals surface area contributed by atoms with Gasteiger partial charge in [-0.3, -0.25) is 0 Å². The van der Waals surface area contributed by atoms with Gasteiger partial charge in [0.2, 0.25) is 10.0 Å². The van der Waals surface area contributed by atoms with Gasteiger partial charge < -0.3 is 15.5 Å². The summed E-state index contributed by atoms with van der Waals surface area (Å²) in [6, 6.07) is 3.53. The maximum absolute atomic E-state index is 11.2. The first-order valence-corrected chi connectivity index (χ1v) is 7.61. The van der Waals surface area contributed by atoms with Crippen LogP contribution in [0, 0.1) is 0 Å². The van der Waals surface area contributed by atoms with Gasteiger partial charge in [0.1, 0.15) is 0 Å². The van der Waals surface area contributed by atoms with Crippen LogP contribution >= 0.6 is 0 Å². The monoisotopic (exact) mass is 302 g/mol. The number of primary sulfonamides is 1. The molecule has 1 unspecified atom stereocenters. The third-order valence-corrected chi connectivity index (χ3v) is 3.79. The van der Waals surface area contributed by atoms with Gasteiger partial charge in [0, 0.05) is 18.3 Å². The number of hydrogen-bond donors (Lipinski definition) is 4. The van der Waals surface area contributed by atoms with E-state index in [0.29, 0.717) is 18.5 Å². The highest BCUT2D eigenvalue weighted by atomic mass is 32.2. The molecular formula is C12H18N2O5S. The lowest BCUT2D eigenvalue weighted by atomic mass is 10.1. The maximum Gasteiger partial charge on any atom is 0.337 e. The van der Waals surface area contributed by atoms with Crippen LogP contribution in [0.1, 0.15) is 30.1 Å². The molecule has 20 heavy (non-hydrogen) atoms. The Kier molecular flexibility index (Phi) is 5.49. The fourth-order valence-electron chi connectivity index (χ4n) is 1.76. The minimum atomic E-state index is -3.95. The second-order valence-electron chi connectivity index (χ2n) is 4.32. The number of aromatic carboxylic acids is 1. The lowest BCUT2D eigenvalue weighted by molar-refractivity contribution is 0.0697. The van der Waals surface area contributed by atoms with Crippen LogP contribution < -0.4 is 10.5 Å². The maximum atomic E-state index is 11.2. The second-order valence-corrected chi connectivity index (χ2v) is 5.88. The summed E-state index contributed by atoms with van der Waals surface area (Å²) in [6.45, 7) is 1.87. The van der Waals surface area contributed by atoms with Gasteiger partial charge in [-0.15, -0.1) is 0 Å². The quantitative estimate of drug-likeness (QED) is 0.583. The third-order valence-electron chi connectivity index (χ3n) is 2.88. The van der Waals surface area contributed by atoms with E-state index >= 15 is 0 Å². The first kappa shape index (κ1) is 16.4. The number of aliphatic hydroxyl groups is 1. The van der Waals surface area contributed by atoms with Crippen LogP contribution in [0.15, 0.2) is 23.1 Å². The van der Waals surface area contributed by atoms with E-state index in [-0.39, 0.29) is 23.1 Å². The van der Waals surface area contributed by atoms with Gasteiger partial charge >= 0.3 is 5.97 Å². The van der Waals surface area contributed by atoms with Crippen LogP contribution in [-0.2, 0) is 10.0 Å². The lowest BCUT2D eigenvalue weighted by Gasteiger charge is -2.19. The van der Waals surface area contributed by atoms with E-state index in [1.165, 1.54) is 12.1 Å². The van der Waals surface area contributed by atoms with Crippen molar-refractivity contribution in [2.75, 3.05) is 11.9 Å². The molecule has 0 amide bonds. The van der Waals surface area contributed by atoms with Crippen LogP contribution in [0.25, 0.3) is 0 Å². The highest BCUT2D eigenvalue weighted by Crippen LogP contribution is 2.22. The Labute approximate surface area is 117 Å². The van der Waals surface area contributed by atoms with Crippen molar-refractivity contribution in [2.24, 2.45) is 5.14 Å². The molecule has 1 rings (SSSR count). The zero-order valence-corrected chi connectivity index (χ0v) is 11.9. The van der Waals surface area contributed by atoms with Crippen molar-refractivity contribution in [3.8, 4) is 0 Å². The van der Waals surface area contributed by atoms with Gasteiger partial charge in [0.15, 0.2) is 0 Å². The molecule has 1 atom stereocenters. The summed E-state index contributed by atoms with van der Waals surface area (Å²) in [4.78, 5) is 10.9. The van der Waals surface area contributed by atoms with Crippen molar-refractivity contribution in [1.82, 2.24) is 0 Å². The van der Waals surface area contributed by atoms with Gasteiger partial charge in [0.25, 0.3) is 0 Å². The Bertz CT molecular complexity index is 586. The summed E-state index contributed by atoms with van der Waals surface area (Å²) in [6.07, 6.45) is 1.16. The van der Waals surface area contributed by atoms with E-state index in [1.54, 1.807) is 0 Å². The zero-order valence-electron chi connectivity index (χ0n) is 11.0. The Morgan fingerprint density at radius 2 is 2.10 bits per heavy atom. The van der Waals surface area contributed by atoms with Crippen molar-refractivity contribution in [3.05, 3.63) is 23.8 Å². The first-order chi connectivity index (χ1) is 9.29. The molecule has 112 valence electrons. The molecule has 5 N–H and O–H groups in total. The fourth-order valence-corrected chi connectivity index (χ4v) is 2.30. The summed E-state index contributed by atoms with van der Waals surface area (Å²) in [5.41, 5.74) is 0.123. The van der Waals surface area contributed by atoms with Crippen molar-refractivity contribution in [3.63, 3.8) is 0 Å². The number of rotatable bonds is 7. The molecule has 1 aromatic carbocycles. The molecule has 0 aliphatic heterocycles. The van der Waals surface area contributed by atoms with Crippen molar-refractivity contribution in [2.45, 2.75) is 30.7 Å². The molecule has 1 aromatic rings. The molecule has 7 nitrogen and oxygen atoms in total. The van der Waals surface area contributed by atoms with Crippen LogP contribution in [-0.4, -0.2) is 37.2 Å². The number of aliphatic hydroxyl groups excluding tert-OH is 1. The van der Waals surface area contributed by atoms with Gasteiger partial charge in [-0.25, -0.2) is 18.4 Å². The van der Waals surface area contributed by atoms with E-state index in [2.05, 4.69) is 5.32 Å². The summed E-state index contributed by atoms with van der Waals surface area (Å²) in [7, 11) is -3.95. The average Bonchev–Trinajstić information content (AvgIpc) is 2.36. The van der Waals surface area contributed by atoms with Crippen LogP contribution in [0.2, 0.25) is 0 Å². The van der Waals surface area contributed by atoms with E-state index in [4.69, 9.17) is 15.4 Å². The smallest absolute Gasteiger partial charge is 0.337 e. The molecule has 0 aliphatic rings. The largest absolute Gasteiger partial charge is 0.478 e. The van der Waals surface area contributed by atoms with Crippen molar-refractivity contribution < 1.29 is 23.4 Å². The highest BCUT2D eigenvalue weighted by Gasteiger charge is 2.17. The summed E-state index contributed by atoms with van der Waals surface area (Å²) >= 11 is 0. The van der Waals surface area contributed by atoms with Crippen LogP contribution in [0.3, 0.4) is 0 Å². The molecule has 0 aliphatic carbocycles. The number of carbonyl (C=O) groups is 1. The normalized spacial score (nSPS) is 12.9. The highest BCUT2D eigenvalue weighted by molar-refractivity contribution is 7.89. The Balaban J connectivity index is 3.17. The zero-order chi connectivity index (χ0) is 15.3. The fraction of sp³-hybridized carbons (Fsp3) is 0.417. The number of anilines is 1. The SMILES string of the molecule is CCC(CCO)Nc1ccc(S(N)(=O)=O)cc1C(=O)O. The van der Waals surface area contributed by atoms with Gasteiger partial charge in [-0.2, -0.15) is 0 Å². The molecule has 0 bridgehead atoms. The third kappa shape index (κ3) is 4.19. The Morgan fingerprint density at radius 3 is 2.55 bits per heavy atom. The van der Waals surface area contributed by atoms with Crippen molar-refractivity contribution >= 4 is 21.7 Å². The second kappa shape index (κ2) is 6.69. The number of benzene rings is 1. The topological polar surface area (TPSA) is 130 Å². The Hall–Kier alpha value is -1.64. The van der Waals surface area contributed by atoms with Gasteiger partial charge in [-0.1, -0.05) is 6.92 Å². The standard InChI is InChI=1S/C12H18N2O5S/c1-2-8(5-6-15)14-11-4-3-9(20(13,18)19)7-10(11)12(16)17/h3-4,7-8,14-15H,2,5-6H2,1H3,(H,16,17)(H2,13,18,19). The minimum Gasteiger partial charge on any atom is -0.478 e. The summed E-state index contributed by atoms with van der Waals surface area (Å²) in [5, 5.41) is 26.0. The van der Waals surface area contributed by atoms with Crippen LogP contribution in [0.5, 0.6) is 0 Å². The summed E-state index contributed by atoms with van der Waals surface area (Å²) < 4.78 is 22.5. The van der Waals surface area contributed by atoms with Crippen molar-refractivity contribution in [1.29, 1.82) is 0 Å².